The highest BCUT2D eigenvalue weighted by molar-refractivity contribution is 4.82. The molecule has 1 fully saturated rings. The van der Waals surface area contributed by atoms with E-state index in [2.05, 4.69) is 5.32 Å². The van der Waals surface area contributed by atoms with E-state index in [1.807, 2.05) is 18.7 Å². The van der Waals surface area contributed by atoms with E-state index in [1.54, 1.807) is 0 Å². The summed E-state index contributed by atoms with van der Waals surface area (Å²) in [4.78, 5) is 1.92. The lowest BCUT2D eigenvalue weighted by molar-refractivity contribution is -0.140. The molecular weight excluding hydrogens is 193 g/mol. The summed E-state index contributed by atoms with van der Waals surface area (Å²) in [5, 5.41) is 3.19. The first-order chi connectivity index (χ1) is 6.40. The first kappa shape index (κ1) is 11.8. The second-order valence-corrected chi connectivity index (χ2v) is 3.96. The minimum absolute atomic E-state index is 0.119. The van der Waals surface area contributed by atoms with Gasteiger partial charge in [-0.3, -0.25) is 4.90 Å². The zero-order chi connectivity index (χ0) is 10.8. The van der Waals surface area contributed by atoms with E-state index in [9.17, 15) is 13.2 Å². The lowest BCUT2D eigenvalue weighted by Gasteiger charge is -2.39. The van der Waals surface area contributed by atoms with Gasteiger partial charge in [0.25, 0.3) is 0 Å². The van der Waals surface area contributed by atoms with Gasteiger partial charge in [-0.05, 0) is 13.8 Å². The number of alkyl halides is 3. The van der Waals surface area contributed by atoms with Crippen molar-refractivity contribution < 1.29 is 13.2 Å². The zero-order valence-electron chi connectivity index (χ0n) is 8.56. The lowest BCUT2D eigenvalue weighted by atomic mass is 10.1. The summed E-state index contributed by atoms with van der Waals surface area (Å²) >= 11 is 0. The number of rotatable bonds is 2. The Morgan fingerprint density at radius 1 is 1.21 bits per heavy atom. The Balaban J connectivity index is 2.40. The van der Waals surface area contributed by atoms with Gasteiger partial charge in [-0.1, -0.05) is 0 Å². The van der Waals surface area contributed by atoms with Crippen LogP contribution in [0.25, 0.3) is 0 Å². The molecule has 0 saturated carbocycles. The highest BCUT2D eigenvalue weighted by Crippen LogP contribution is 2.21. The van der Waals surface area contributed by atoms with Crippen molar-refractivity contribution in [1.29, 1.82) is 0 Å². The van der Waals surface area contributed by atoms with Crippen molar-refractivity contribution in [2.24, 2.45) is 0 Å². The van der Waals surface area contributed by atoms with Gasteiger partial charge in [-0.25, -0.2) is 0 Å². The molecule has 0 aromatic heterocycles. The fraction of sp³-hybridized carbons (Fsp3) is 1.00. The Hall–Kier alpha value is -0.290. The average Bonchev–Trinajstić information content (AvgIpc) is 2.01. The molecule has 1 aliphatic heterocycles. The largest absolute Gasteiger partial charge is 0.390 e. The Kier molecular flexibility index (Phi) is 3.78. The average molecular weight is 210 g/mol. The van der Waals surface area contributed by atoms with Gasteiger partial charge < -0.3 is 5.32 Å². The Labute approximate surface area is 82.5 Å². The van der Waals surface area contributed by atoms with E-state index in [4.69, 9.17) is 0 Å². The van der Waals surface area contributed by atoms with Crippen LogP contribution in [0.4, 0.5) is 13.2 Å². The van der Waals surface area contributed by atoms with Gasteiger partial charge in [0, 0.05) is 31.7 Å². The van der Waals surface area contributed by atoms with E-state index in [0.717, 1.165) is 13.1 Å². The number of nitrogens with zero attached hydrogens (tertiary/aromatic N) is 1. The fourth-order valence-corrected chi connectivity index (χ4v) is 1.87. The Morgan fingerprint density at radius 2 is 1.71 bits per heavy atom. The van der Waals surface area contributed by atoms with Gasteiger partial charge in [-0.2, -0.15) is 13.2 Å². The maximum absolute atomic E-state index is 12.0. The summed E-state index contributed by atoms with van der Waals surface area (Å²) < 4.78 is 36.1. The van der Waals surface area contributed by atoms with Crippen LogP contribution in [0.15, 0.2) is 0 Å². The van der Waals surface area contributed by atoms with Crippen LogP contribution in [-0.2, 0) is 0 Å². The van der Waals surface area contributed by atoms with Crippen LogP contribution in [0.2, 0.25) is 0 Å². The molecule has 1 aliphatic rings. The SMILES string of the molecule is C[C@@H]1CNC[C@H](C)N1CCC(F)(F)F. The molecule has 1 saturated heterocycles. The molecule has 0 aliphatic carbocycles. The molecule has 1 N–H and O–H groups in total. The van der Waals surface area contributed by atoms with Crippen LogP contribution in [0, 0.1) is 0 Å². The van der Waals surface area contributed by atoms with Gasteiger partial charge in [0.05, 0.1) is 6.42 Å². The molecule has 1 rings (SSSR count). The Bertz CT molecular complexity index is 171. The molecule has 0 spiro atoms. The van der Waals surface area contributed by atoms with E-state index >= 15 is 0 Å². The van der Waals surface area contributed by atoms with Crippen molar-refractivity contribution >= 4 is 0 Å². The molecule has 0 radical (unpaired) electrons. The lowest BCUT2D eigenvalue weighted by Crippen LogP contribution is -2.55. The fourth-order valence-electron chi connectivity index (χ4n) is 1.87. The highest BCUT2D eigenvalue weighted by Gasteiger charge is 2.31. The van der Waals surface area contributed by atoms with Crippen LogP contribution in [-0.4, -0.2) is 42.8 Å². The number of hydrogen-bond donors (Lipinski definition) is 1. The van der Waals surface area contributed by atoms with E-state index < -0.39 is 12.6 Å². The van der Waals surface area contributed by atoms with Gasteiger partial charge in [-0.15, -0.1) is 0 Å². The number of hydrogen-bond acceptors (Lipinski definition) is 2. The maximum atomic E-state index is 12.0. The van der Waals surface area contributed by atoms with Crippen molar-refractivity contribution in [3.8, 4) is 0 Å². The maximum Gasteiger partial charge on any atom is 0.390 e. The summed E-state index contributed by atoms with van der Waals surface area (Å²) in [7, 11) is 0. The number of halogens is 3. The third kappa shape index (κ3) is 3.46. The van der Waals surface area contributed by atoms with Crippen LogP contribution in [0.1, 0.15) is 20.3 Å². The van der Waals surface area contributed by atoms with Gasteiger partial charge >= 0.3 is 6.18 Å². The minimum atomic E-state index is -4.04. The molecule has 0 aromatic carbocycles. The second-order valence-electron chi connectivity index (χ2n) is 3.96. The molecule has 84 valence electrons. The molecule has 0 bridgehead atoms. The first-order valence-corrected chi connectivity index (χ1v) is 4.93. The molecule has 5 heteroatoms. The normalized spacial score (nSPS) is 30.6. The number of nitrogens with one attached hydrogen (secondary N) is 1. The van der Waals surface area contributed by atoms with Gasteiger partial charge in [0.15, 0.2) is 0 Å². The molecule has 2 atom stereocenters. The van der Waals surface area contributed by atoms with Crippen molar-refractivity contribution in [2.45, 2.75) is 38.5 Å². The predicted molar refractivity (Wildman–Crippen MR) is 49.2 cm³/mol. The standard InChI is InChI=1S/C9H17F3N2/c1-7-5-13-6-8(2)14(7)4-3-9(10,11)12/h7-8,13H,3-6H2,1-2H3/t7-,8+. The van der Waals surface area contributed by atoms with Gasteiger partial charge in [0.2, 0.25) is 0 Å². The second kappa shape index (κ2) is 4.49. The Morgan fingerprint density at radius 3 is 2.14 bits per heavy atom. The molecule has 0 amide bonds. The molecular formula is C9H17F3N2. The van der Waals surface area contributed by atoms with Crippen LogP contribution in [0.3, 0.4) is 0 Å². The van der Waals surface area contributed by atoms with Crippen LogP contribution >= 0.6 is 0 Å². The summed E-state index contributed by atoms with van der Waals surface area (Å²) in [6, 6.07) is 0.391. The molecule has 2 nitrogen and oxygen atoms in total. The monoisotopic (exact) mass is 210 g/mol. The third-order valence-electron chi connectivity index (χ3n) is 2.67. The van der Waals surface area contributed by atoms with Crippen molar-refractivity contribution in [2.75, 3.05) is 19.6 Å². The van der Waals surface area contributed by atoms with E-state index in [1.165, 1.54) is 0 Å². The minimum Gasteiger partial charge on any atom is -0.314 e. The first-order valence-electron chi connectivity index (χ1n) is 4.93. The summed E-state index contributed by atoms with van der Waals surface area (Å²) in [5.41, 5.74) is 0. The molecule has 0 unspecified atom stereocenters. The van der Waals surface area contributed by atoms with Crippen molar-refractivity contribution in [3.05, 3.63) is 0 Å². The van der Waals surface area contributed by atoms with E-state index in [-0.39, 0.29) is 18.6 Å². The molecule has 1 heterocycles. The summed E-state index contributed by atoms with van der Waals surface area (Å²) in [5.74, 6) is 0. The molecule has 0 aromatic rings. The summed E-state index contributed by atoms with van der Waals surface area (Å²) in [6.45, 7) is 5.59. The topological polar surface area (TPSA) is 15.3 Å². The quantitative estimate of drug-likeness (QED) is 0.745. The van der Waals surface area contributed by atoms with Crippen LogP contribution in [0.5, 0.6) is 0 Å². The number of piperazine rings is 1. The zero-order valence-corrected chi connectivity index (χ0v) is 8.56. The predicted octanol–water partition coefficient (Wildman–Crippen LogP) is 1.62. The van der Waals surface area contributed by atoms with Crippen molar-refractivity contribution in [3.63, 3.8) is 0 Å². The van der Waals surface area contributed by atoms with Gasteiger partial charge in [0.1, 0.15) is 0 Å². The smallest absolute Gasteiger partial charge is 0.314 e. The third-order valence-corrected chi connectivity index (χ3v) is 2.67. The van der Waals surface area contributed by atoms with E-state index in [0.29, 0.717) is 0 Å². The van der Waals surface area contributed by atoms with Crippen molar-refractivity contribution in [1.82, 2.24) is 10.2 Å². The van der Waals surface area contributed by atoms with Crippen LogP contribution < -0.4 is 5.32 Å². The molecule has 14 heavy (non-hydrogen) atoms. The summed E-state index contributed by atoms with van der Waals surface area (Å²) in [6.07, 6.45) is -4.74. The highest BCUT2D eigenvalue weighted by atomic mass is 19.4.